The fourth-order valence-corrected chi connectivity index (χ4v) is 2.33. The maximum absolute atomic E-state index is 5.16. The van der Waals surface area contributed by atoms with Crippen LogP contribution in [0.5, 0.6) is 0 Å². The standard InChI is InChI=1S/C17H20O/c1-18-14-8-13-17(15-9-4-2-5-10-15)16-11-6-3-7-12-16/h2-7,9-12,17H,8,13-14H2,1H3. The third-order valence-corrected chi connectivity index (χ3v) is 3.25. The van der Waals surface area contributed by atoms with Crippen molar-refractivity contribution >= 4 is 0 Å². The van der Waals surface area contributed by atoms with E-state index in [4.69, 9.17) is 4.74 Å². The summed E-state index contributed by atoms with van der Waals surface area (Å²) < 4.78 is 5.16. The van der Waals surface area contributed by atoms with Crippen LogP contribution in [0.25, 0.3) is 0 Å². The summed E-state index contributed by atoms with van der Waals surface area (Å²) in [6, 6.07) is 21.4. The van der Waals surface area contributed by atoms with Gasteiger partial charge in [0.2, 0.25) is 0 Å². The van der Waals surface area contributed by atoms with Gasteiger partial charge in [-0.25, -0.2) is 0 Å². The van der Waals surface area contributed by atoms with E-state index in [0.29, 0.717) is 5.92 Å². The first-order valence-corrected chi connectivity index (χ1v) is 6.50. The molecule has 0 aliphatic heterocycles. The predicted octanol–water partition coefficient (Wildman–Crippen LogP) is 4.25. The fraction of sp³-hybridized carbons (Fsp3) is 0.294. The van der Waals surface area contributed by atoms with Crippen molar-refractivity contribution in [3.8, 4) is 0 Å². The summed E-state index contributed by atoms with van der Waals surface area (Å²) >= 11 is 0. The summed E-state index contributed by atoms with van der Waals surface area (Å²) in [6.45, 7) is 0.830. The second kappa shape index (κ2) is 6.97. The SMILES string of the molecule is COCCCC(c1ccccc1)c1ccccc1. The molecule has 0 radical (unpaired) electrons. The van der Waals surface area contributed by atoms with Crippen molar-refractivity contribution in [3.63, 3.8) is 0 Å². The Kier molecular flexibility index (Phi) is 4.98. The number of hydrogen-bond donors (Lipinski definition) is 0. The number of hydrogen-bond acceptors (Lipinski definition) is 1. The molecule has 1 heteroatoms. The third kappa shape index (κ3) is 3.44. The second-order valence-electron chi connectivity index (χ2n) is 4.51. The van der Waals surface area contributed by atoms with Crippen molar-refractivity contribution in [3.05, 3.63) is 71.8 Å². The molecule has 1 nitrogen and oxygen atoms in total. The van der Waals surface area contributed by atoms with E-state index in [-0.39, 0.29) is 0 Å². The molecule has 2 rings (SSSR count). The Balaban J connectivity index is 2.18. The van der Waals surface area contributed by atoms with Gasteiger partial charge in [-0.3, -0.25) is 0 Å². The number of ether oxygens (including phenoxy) is 1. The molecule has 0 saturated carbocycles. The largest absolute Gasteiger partial charge is 0.385 e. The summed E-state index contributed by atoms with van der Waals surface area (Å²) in [4.78, 5) is 0. The molecule has 0 bridgehead atoms. The van der Waals surface area contributed by atoms with Gasteiger partial charge < -0.3 is 4.74 Å². The van der Waals surface area contributed by atoms with Gasteiger partial charge in [0, 0.05) is 19.6 Å². The van der Waals surface area contributed by atoms with Crippen LogP contribution < -0.4 is 0 Å². The zero-order chi connectivity index (χ0) is 12.6. The Morgan fingerprint density at radius 1 is 0.833 bits per heavy atom. The molecule has 18 heavy (non-hydrogen) atoms. The first-order valence-electron chi connectivity index (χ1n) is 6.50. The maximum atomic E-state index is 5.16. The average Bonchev–Trinajstić information content (AvgIpc) is 2.46. The zero-order valence-corrected chi connectivity index (χ0v) is 10.9. The molecule has 0 unspecified atom stereocenters. The molecule has 0 aliphatic rings. The Bertz CT molecular complexity index is 396. The number of methoxy groups -OCH3 is 1. The number of rotatable bonds is 6. The quantitative estimate of drug-likeness (QED) is 0.686. The van der Waals surface area contributed by atoms with Crippen molar-refractivity contribution in [1.29, 1.82) is 0 Å². The minimum Gasteiger partial charge on any atom is -0.385 e. The van der Waals surface area contributed by atoms with Crippen LogP contribution in [-0.4, -0.2) is 13.7 Å². The first kappa shape index (κ1) is 12.8. The van der Waals surface area contributed by atoms with Gasteiger partial charge in [0.25, 0.3) is 0 Å². The Morgan fingerprint density at radius 3 is 1.78 bits per heavy atom. The van der Waals surface area contributed by atoms with Crippen LogP contribution in [-0.2, 0) is 4.74 Å². The predicted molar refractivity (Wildman–Crippen MR) is 75.8 cm³/mol. The van der Waals surface area contributed by atoms with E-state index < -0.39 is 0 Å². The van der Waals surface area contributed by atoms with Crippen molar-refractivity contribution in [1.82, 2.24) is 0 Å². The lowest BCUT2D eigenvalue weighted by molar-refractivity contribution is 0.191. The van der Waals surface area contributed by atoms with Crippen LogP contribution in [0.2, 0.25) is 0 Å². The van der Waals surface area contributed by atoms with Gasteiger partial charge in [-0.2, -0.15) is 0 Å². The summed E-state index contributed by atoms with van der Waals surface area (Å²) in [6.07, 6.45) is 2.22. The van der Waals surface area contributed by atoms with Gasteiger partial charge in [-0.05, 0) is 24.0 Å². The summed E-state index contributed by atoms with van der Waals surface area (Å²) in [5.41, 5.74) is 2.78. The normalized spacial score (nSPS) is 10.8. The van der Waals surface area contributed by atoms with Crippen molar-refractivity contribution in [2.75, 3.05) is 13.7 Å². The summed E-state index contributed by atoms with van der Waals surface area (Å²) in [7, 11) is 1.76. The van der Waals surface area contributed by atoms with Gasteiger partial charge in [0.1, 0.15) is 0 Å². The molecule has 0 aromatic heterocycles. The van der Waals surface area contributed by atoms with Gasteiger partial charge in [0.15, 0.2) is 0 Å². The van der Waals surface area contributed by atoms with Crippen LogP contribution in [0.15, 0.2) is 60.7 Å². The lowest BCUT2D eigenvalue weighted by atomic mass is 9.88. The van der Waals surface area contributed by atoms with Gasteiger partial charge in [0.05, 0.1) is 0 Å². The minimum absolute atomic E-state index is 0.475. The first-order chi connectivity index (χ1) is 8.92. The van der Waals surface area contributed by atoms with E-state index in [9.17, 15) is 0 Å². The van der Waals surface area contributed by atoms with Crippen molar-refractivity contribution in [2.24, 2.45) is 0 Å². The van der Waals surface area contributed by atoms with E-state index in [1.54, 1.807) is 7.11 Å². The average molecular weight is 240 g/mol. The van der Waals surface area contributed by atoms with E-state index >= 15 is 0 Å². The van der Waals surface area contributed by atoms with Gasteiger partial charge in [-0.1, -0.05) is 60.7 Å². The van der Waals surface area contributed by atoms with Crippen LogP contribution in [0, 0.1) is 0 Å². The highest BCUT2D eigenvalue weighted by atomic mass is 16.5. The molecule has 0 aliphatic carbocycles. The van der Waals surface area contributed by atoms with E-state index in [1.807, 2.05) is 0 Å². The smallest absolute Gasteiger partial charge is 0.0462 e. The molecule has 0 spiro atoms. The molecule has 0 heterocycles. The van der Waals surface area contributed by atoms with Gasteiger partial charge >= 0.3 is 0 Å². The molecule has 0 atom stereocenters. The highest BCUT2D eigenvalue weighted by Gasteiger charge is 2.12. The molecule has 0 amide bonds. The van der Waals surface area contributed by atoms with Crippen LogP contribution >= 0.6 is 0 Å². The molecule has 2 aromatic carbocycles. The lowest BCUT2D eigenvalue weighted by Crippen LogP contribution is -2.03. The second-order valence-corrected chi connectivity index (χ2v) is 4.51. The van der Waals surface area contributed by atoms with Gasteiger partial charge in [-0.15, -0.1) is 0 Å². The minimum atomic E-state index is 0.475. The van der Waals surface area contributed by atoms with E-state index in [1.165, 1.54) is 11.1 Å². The summed E-state index contributed by atoms with van der Waals surface area (Å²) in [5, 5.41) is 0. The fourth-order valence-electron chi connectivity index (χ4n) is 2.33. The molecular weight excluding hydrogens is 220 g/mol. The molecule has 0 saturated heterocycles. The molecule has 94 valence electrons. The van der Waals surface area contributed by atoms with E-state index in [2.05, 4.69) is 60.7 Å². The topological polar surface area (TPSA) is 9.23 Å². The maximum Gasteiger partial charge on any atom is 0.0462 e. The monoisotopic (exact) mass is 240 g/mol. The number of benzene rings is 2. The molecule has 0 N–H and O–H groups in total. The molecular formula is C17H20O. The van der Waals surface area contributed by atoms with Crippen molar-refractivity contribution < 1.29 is 4.74 Å². The highest BCUT2D eigenvalue weighted by Crippen LogP contribution is 2.28. The van der Waals surface area contributed by atoms with E-state index in [0.717, 1.165) is 19.4 Å². The Labute approximate surface area is 109 Å². The Morgan fingerprint density at radius 2 is 1.33 bits per heavy atom. The van der Waals surface area contributed by atoms with Crippen LogP contribution in [0.3, 0.4) is 0 Å². The highest BCUT2D eigenvalue weighted by molar-refractivity contribution is 5.32. The van der Waals surface area contributed by atoms with Crippen LogP contribution in [0.1, 0.15) is 29.9 Å². The summed E-state index contributed by atoms with van der Waals surface area (Å²) in [5.74, 6) is 0.475. The Hall–Kier alpha value is -1.60. The van der Waals surface area contributed by atoms with Crippen molar-refractivity contribution in [2.45, 2.75) is 18.8 Å². The van der Waals surface area contributed by atoms with Crippen LogP contribution in [0.4, 0.5) is 0 Å². The zero-order valence-electron chi connectivity index (χ0n) is 10.9. The lowest BCUT2D eigenvalue weighted by Gasteiger charge is -2.17. The molecule has 2 aromatic rings. The molecule has 0 fully saturated rings. The third-order valence-electron chi connectivity index (χ3n) is 3.25.